The lowest BCUT2D eigenvalue weighted by Crippen LogP contribution is -3.28. The minimum Gasteiger partial charge on any atom is -0.454 e. The summed E-state index contributed by atoms with van der Waals surface area (Å²) in [5.74, 6) is 1.97. The summed E-state index contributed by atoms with van der Waals surface area (Å²) in [6.45, 7) is 7.04. The number of nitrogens with one attached hydrogen (secondary N) is 2. The van der Waals surface area contributed by atoms with Crippen LogP contribution >= 0.6 is 0 Å². The van der Waals surface area contributed by atoms with Gasteiger partial charge in [-0.3, -0.25) is 4.79 Å². The minimum absolute atomic E-state index is 0.270. The number of quaternary nitrogens is 2. The van der Waals surface area contributed by atoms with Crippen molar-refractivity contribution < 1.29 is 24.1 Å². The molecular weight excluding hydrogens is 366 g/mol. The van der Waals surface area contributed by atoms with Crippen LogP contribution in [0.5, 0.6) is 11.5 Å². The SMILES string of the molecule is O=C(C[NH+]1CC[NH+](Cc2ccc3c(c2)OCO3)CC1)N1CCCc2ccccc21. The third kappa shape index (κ3) is 3.95. The number of hydrogen-bond acceptors (Lipinski definition) is 3. The van der Waals surface area contributed by atoms with E-state index in [-0.39, 0.29) is 5.91 Å². The Morgan fingerprint density at radius 3 is 2.66 bits per heavy atom. The molecule has 3 heterocycles. The molecule has 3 aliphatic heterocycles. The highest BCUT2D eigenvalue weighted by Gasteiger charge is 2.29. The van der Waals surface area contributed by atoms with Crippen LogP contribution in [0, 0.1) is 0 Å². The van der Waals surface area contributed by atoms with Crippen molar-refractivity contribution in [2.24, 2.45) is 0 Å². The van der Waals surface area contributed by atoms with Gasteiger partial charge in [-0.15, -0.1) is 0 Å². The zero-order valence-electron chi connectivity index (χ0n) is 16.8. The number of ether oxygens (including phenoxy) is 2. The molecule has 29 heavy (non-hydrogen) atoms. The molecule has 0 saturated carbocycles. The van der Waals surface area contributed by atoms with Gasteiger partial charge in [0.15, 0.2) is 18.0 Å². The van der Waals surface area contributed by atoms with E-state index in [2.05, 4.69) is 30.3 Å². The second-order valence-corrected chi connectivity index (χ2v) is 8.32. The van der Waals surface area contributed by atoms with Gasteiger partial charge in [0.2, 0.25) is 6.79 Å². The van der Waals surface area contributed by atoms with Crippen molar-refractivity contribution >= 4 is 11.6 Å². The van der Waals surface area contributed by atoms with Crippen molar-refractivity contribution in [3.05, 3.63) is 53.6 Å². The maximum atomic E-state index is 13.0. The summed E-state index contributed by atoms with van der Waals surface area (Å²) in [6.07, 6.45) is 2.14. The first-order valence-corrected chi connectivity index (χ1v) is 10.7. The van der Waals surface area contributed by atoms with E-state index in [1.807, 2.05) is 17.0 Å². The van der Waals surface area contributed by atoms with Gasteiger partial charge in [0, 0.05) is 17.8 Å². The fraction of sp³-hybridized carbons (Fsp3) is 0.435. The molecule has 0 aliphatic carbocycles. The Hall–Kier alpha value is -2.57. The number of rotatable bonds is 4. The summed E-state index contributed by atoms with van der Waals surface area (Å²) in [5.41, 5.74) is 3.71. The van der Waals surface area contributed by atoms with Gasteiger partial charge in [0.05, 0.1) is 0 Å². The van der Waals surface area contributed by atoms with Crippen LogP contribution in [0.15, 0.2) is 42.5 Å². The van der Waals surface area contributed by atoms with Crippen molar-refractivity contribution in [2.75, 3.05) is 51.0 Å². The first-order chi connectivity index (χ1) is 14.3. The van der Waals surface area contributed by atoms with Gasteiger partial charge in [0.25, 0.3) is 5.91 Å². The number of carbonyl (C=O) groups is 1. The topological polar surface area (TPSA) is 47.7 Å². The normalized spacial score (nSPS) is 23.0. The Morgan fingerprint density at radius 1 is 0.966 bits per heavy atom. The zero-order chi connectivity index (χ0) is 19.6. The highest BCUT2D eigenvalue weighted by atomic mass is 16.7. The van der Waals surface area contributed by atoms with E-state index < -0.39 is 0 Å². The highest BCUT2D eigenvalue weighted by Crippen LogP contribution is 2.32. The van der Waals surface area contributed by atoms with Crippen molar-refractivity contribution in [3.63, 3.8) is 0 Å². The number of amides is 1. The molecule has 1 fully saturated rings. The average molecular weight is 396 g/mol. The molecule has 2 aromatic carbocycles. The summed E-state index contributed by atoms with van der Waals surface area (Å²) < 4.78 is 10.9. The van der Waals surface area contributed by atoms with Crippen LogP contribution in [0.3, 0.4) is 0 Å². The molecule has 6 nitrogen and oxygen atoms in total. The molecule has 0 radical (unpaired) electrons. The van der Waals surface area contributed by atoms with E-state index in [1.165, 1.54) is 16.0 Å². The Kier molecular flexibility index (Phi) is 5.12. The summed E-state index contributed by atoms with van der Waals surface area (Å²) in [4.78, 5) is 18.0. The number of nitrogens with zero attached hydrogens (tertiary/aromatic N) is 1. The number of para-hydroxylation sites is 1. The number of hydrogen-bond donors (Lipinski definition) is 2. The lowest BCUT2D eigenvalue weighted by atomic mass is 10.0. The first kappa shape index (κ1) is 18.5. The van der Waals surface area contributed by atoms with Gasteiger partial charge in [-0.2, -0.15) is 0 Å². The van der Waals surface area contributed by atoms with Crippen molar-refractivity contribution in [2.45, 2.75) is 19.4 Å². The van der Waals surface area contributed by atoms with Gasteiger partial charge in [-0.1, -0.05) is 18.2 Å². The number of piperazine rings is 1. The van der Waals surface area contributed by atoms with Gasteiger partial charge in [-0.25, -0.2) is 0 Å². The molecular formula is C23H29N3O3+2. The van der Waals surface area contributed by atoms with Crippen LogP contribution in [0.25, 0.3) is 0 Å². The molecule has 152 valence electrons. The van der Waals surface area contributed by atoms with Gasteiger partial charge < -0.3 is 24.2 Å². The number of benzene rings is 2. The molecule has 0 bridgehead atoms. The maximum absolute atomic E-state index is 13.0. The molecule has 0 unspecified atom stereocenters. The van der Waals surface area contributed by atoms with Crippen LogP contribution < -0.4 is 24.2 Å². The van der Waals surface area contributed by atoms with E-state index in [0.717, 1.165) is 69.3 Å². The molecule has 1 amide bonds. The fourth-order valence-corrected chi connectivity index (χ4v) is 4.75. The van der Waals surface area contributed by atoms with Crippen LogP contribution in [0.1, 0.15) is 17.5 Å². The van der Waals surface area contributed by atoms with E-state index in [0.29, 0.717) is 13.3 Å². The van der Waals surface area contributed by atoms with Crippen molar-refractivity contribution in [3.8, 4) is 11.5 Å². The summed E-state index contributed by atoms with van der Waals surface area (Å²) >= 11 is 0. The molecule has 2 aromatic rings. The number of fused-ring (bicyclic) bond motifs is 2. The summed E-state index contributed by atoms with van der Waals surface area (Å²) in [5, 5.41) is 0. The average Bonchev–Trinajstić information content (AvgIpc) is 3.22. The summed E-state index contributed by atoms with van der Waals surface area (Å²) in [7, 11) is 0. The number of anilines is 1. The second-order valence-electron chi connectivity index (χ2n) is 8.32. The van der Waals surface area contributed by atoms with Crippen LogP contribution in [-0.2, 0) is 17.8 Å². The molecule has 5 rings (SSSR count). The Bertz CT molecular complexity index is 893. The van der Waals surface area contributed by atoms with Crippen molar-refractivity contribution in [1.82, 2.24) is 0 Å². The molecule has 6 heteroatoms. The molecule has 0 spiro atoms. The third-order valence-corrected chi connectivity index (χ3v) is 6.37. The Balaban J connectivity index is 1.14. The molecule has 0 atom stereocenters. The second kappa shape index (κ2) is 8.05. The van der Waals surface area contributed by atoms with Gasteiger partial charge in [0.1, 0.15) is 32.7 Å². The van der Waals surface area contributed by atoms with Gasteiger partial charge in [-0.05, 0) is 42.7 Å². The van der Waals surface area contributed by atoms with Crippen LogP contribution in [0.4, 0.5) is 5.69 Å². The van der Waals surface area contributed by atoms with Crippen molar-refractivity contribution in [1.29, 1.82) is 0 Å². The molecule has 1 saturated heterocycles. The van der Waals surface area contributed by atoms with E-state index >= 15 is 0 Å². The number of aryl methyl sites for hydroxylation is 1. The Morgan fingerprint density at radius 2 is 1.76 bits per heavy atom. The lowest BCUT2D eigenvalue weighted by Gasteiger charge is -2.33. The molecule has 3 aliphatic rings. The van der Waals surface area contributed by atoms with Gasteiger partial charge >= 0.3 is 0 Å². The van der Waals surface area contributed by atoms with E-state index in [4.69, 9.17) is 9.47 Å². The quantitative estimate of drug-likeness (QED) is 0.746. The highest BCUT2D eigenvalue weighted by molar-refractivity contribution is 5.95. The maximum Gasteiger partial charge on any atom is 0.282 e. The predicted octanol–water partition coefficient (Wildman–Crippen LogP) is -0.322. The first-order valence-electron chi connectivity index (χ1n) is 10.7. The predicted molar refractivity (Wildman–Crippen MR) is 110 cm³/mol. The summed E-state index contributed by atoms with van der Waals surface area (Å²) in [6, 6.07) is 14.6. The molecule has 0 aromatic heterocycles. The van der Waals surface area contributed by atoms with E-state index in [9.17, 15) is 4.79 Å². The Labute approximate surface area is 171 Å². The van der Waals surface area contributed by atoms with Crippen LogP contribution in [0.2, 0.25) is 0 Å². The monoisotopic (exact) mass is 395 g/mol. The fourth-order valence-electron chi connectivity index (χ4n) is 4.75. The smallest absolute Gasteiger partial charge is 0.282 e. The lowest BCUT2D eigenvalue weighted by molar-refractivity contribution is -1.02. The van der Waals surface area contributed by atoms with Crippen LogP contribution in [-0.4, -0.2) is 52.0 Å². The third-order valence-electron chi connectivity index (χ3n) is 6.37. The zero-order valence-corrected chi connectivity index (χ0v) is 16.8. The van der Waals surface area contributed by atoms with E-state index in [1.54, 1.807) is 4.90 Å². The largest absolute Gasteiger partial charge is 0.454 e. The molecule has 2 N–H and O–H groups in total. The standard InChI is InChI=1S/C23H27N3O3/c27-23(26-9-3-5-19-4-1-2-6-20(19)26)16-25-12-10-24(11-13-25)15-18-7-8-21-22(14-18)29-17-28-21/h1-2,4,6-8,14H,3,5,9-13,15-17H2/p+2. The number of carbonyl (C=O) groups excluding carboxylic acids is 1. The minimum atomic E-state index is 0.270.